The average Bonchev–Trinajstić information content (AvgIpc) is 2.74. The molecule has 5 nitrogen and oxygen atoms in total. The molecular formula is C22H23ClN4O. The summed E-state index contributed by atoms with van der Waals surface area (Å²) in [6.45, 7) is 4.41. The number of fused-ring (bicyclic) bond motifs is 1. The van der Waals surface area contributed by atoms with Crippen LogP contribution in [0.2, 0.25) is 5.02 Å². The van der Waals surface area contributed by atoms with E-state index in [1.54, 1.807) is 6.20 Å². The fraction of sp³-hybridized carbons (Fsp3) is 0.273. The van der Waals surface area contributed by atoms with Gasteiger partial charge in [-0.3, -0.25) is 9.69 Å². The maximum atomic E-state index is 12.4. The van der Waals surface area contributed by atoms with E-state index in [0.717, 1.165) is 55.0 Å². The molecule has 0 atom stereocenters. The number of hydrogen-bond donors (Lipinski definition) is 1. The van der Waals surface area contributed by atoms with Crippen LogP contribution in [0.4, 0.5) is 11.5 Å². The summed E-state index contributed by atoms with van der Waals surface area (Å²) < 4.78 is 0. The number of aromatic nitrogens is 1. The highest BCUT2D eigenvalue weighted by molar-refractivity contribution is 6.30. The molecule has 1 saturated heterocycles. The van der Waals surface area contributed by atoms with Crippen LogP contribution >= 0.6 is 11.6 Å². The van der Waals surface area contributed by atoms with E-state index in [2.05, 4.69) is 32.2 Å². The van der Waals surface area contributed by atoms with Crippen molar-refractivity contribution in [2.45, 2.75) is 6.42 Å². The van der Waals surface area contributed by atoms with Crippen molar-refractivity contribution in [3.63, 3.8) is 0 Å². The lowest BCUT2D eigenvalue weighted by Gasteiger charge is -2.35. The zero-order valence-electron chi connectivity index (χ0n) is 15.6. The Morgan fingerprint density at radius 2 is 1.79 bits per heavy atom. The topological polar surface area (TPSA) is 48.5 Å². The van der Waals surface area contributed by atoms with E-state index >= 15 is 0 Å². The summed E-state index contributed by atoms with van der Waals surface area (Å²) in [4.78, 5) is 21.4. The van der Waals surface area contributed by atoms with Crippen molar-refractivity contribution in [3.05, 3.63) is 65.8 Å². The molecule has 0 bridgehead atoms. The normalized spacial score (nSPS) is 15.0. The first-order chi connectivity index (χ1) is 13.7. The number of rotatable bonds is 5. The number of pyridine rings is 1. The summed E-state index contributed by atoms with van der Waals surface area (Å²) in [5.41, 5.74) is 0.877. The molecule has 144 valence electrons. The van der Waals surface area contributed by atoms with E-state index in [-0.39, 0.29) is 5.91 Å². The Balaban J connectivity index is 1.27. The maximum absolute atomic E-state index is 12.4. The minimum absolute atomic E-state index is 0.0538. The van der Waals surface area contributed by atoms with Gasteiger partial charge in [0.1, 0.15) is 5.82 Å². The molecule has 6 heteroatoms. The van der Waals surface area contributed by atoms with Crippen LogP contribution in [0.15, 0.2) is 60.8 Å². The first kappa shape index (κ1) is 18.7. The van der Waals surface area contributed by atoms with Gasteiger partial charge in [-0.2, -0.15) is 0 Å². The van der Waals surface area contributed by atoms with Crippen molar-refractivity contribution in [2.24, 2.45) is 0 Å². The number of anilines is 2. The van der Waals surface area contributed by atoms with Gasteiger partial charge < -0.3 is 10.2 Å². The van der Waals surface area contributed by atoms with Gasteiger partial charge in [0.2, 0.25) is 5.91 Å². The molecule has 0 saturated carbocycles. The number of piperazine rings is 1. The highest BCUT2D eigenvalue weighted by Gasteiger charge is 2.18. The van der Waals surface area contributed by atoms with E-state index in [1.807, 2.05) is 42.5 Å². The lowest BCUT2D eigenvalue weighted by molar-refractivity contribution is -0.116. The van der Waals surface area contributed by atoms with Crippen LogP contribution in [0.5, 0.6) is 0 Å². The van der Waals surface area contributed by atoms with Gasteiger partial charge in [0.05, 0.1) is 5.02 Å². The fourth-order valence-corrected chi connectivity index (χ4v) is 3.67. The van der Waals surface area contributed by atoms with Gasteiger partial charge in [-0.1, -0.05) is 48.0 Å². The standard InChI is InChI=1S/C22H23ClN4O/c23-18-8-9-21(24-16-18)27-14-12-26(13-15-27)11-10-22(28)25-20-7-3-5-17-4-1-2-6-19(17)20/h1-9,16H,10-15H2,(H,25,28). The van der Waals surface area contributed by atoms with Crippen molar-refractivity contribution in [1.29, 1.82) is 0 Å². The third kappa shape index (κ3) is 4.43. The minimum atomic E-state index is 0.0538. The maximum Gasteiger partial charge on any atom is 0.225 e. The van der Waals surface area contributed by atoms with Crippen LogP contribution < -0.4 is 10.2 Å². The lowest BCUT2D eigenvalue weighted by atomic mass is 10.1. The third-order valence-corrected chi connectivity index (χ3v) is 5.35. The third-order valence-electron chi connectivity index (χ3n) is 5.13. The lowest BCUT2D eigenvalue weighted by Crippen LogP contribution is -2.47. The number of benzene rings is 2. The number of carbonyl (C=O) groups excluding carboxylic acids is 1. The molecule has 1 aliphatic heterocycles. The van der Waals surface area contributed by atoms with Crippen molar-refractivity contribution in [2.75, 3.05) is 42.9 Å². The fourth-order valence-electron chi connectivity index (χ4n) is 3.56. The summed E-state index contributed by atoms with van der Waals surface area (Å²) >= 11 is 5.91. The molecule has 0 radical (unpaired) electrons. The second kappa shape index (κ2) is 8.59. The second-order valence-electron chi connectivity index (χ2n) is 6.99. The van der Waals surface area contributed by atoms with Gasteiger partial charge in [-0.25, -0.2) is 4.98 Å². The predicted octanol–water partition coefficient (Wildman–Crippen LogP) is 4.04. The second-order valence-corrected chi connectivity index (χ2v) is 7.42. The zero-order valence-corrected chi connectivity index (χ0v) is 16.4. The van der Waals surface area contributed by atoms with Crippen LogP contribution in [-0.2, 0) is 4.79 Å². The van der Waals surface area contributed by atoms with Gasteiger partial charge in [0.15, 0.2) is 0 Å². The quantitative estimate of drug-likeness (QED) is 0.709. The minimum Gasteiger partial charge on any atom is -0.354 e. The van der Waals surface area contributed by atoms with Gasteiger partial charge in [-0.15, -0.1) is 0 Å². The SMILES string of the molecule is O=C(CCN1CCN(c2ccc(Cl)cn2)CC1)Nc1cccc2ccccc12. The van der Waals surface area contributed by atoms with Crippen LogP contribution in [0.1, 0.15) is 6.42 Å². The molecule has 0 unspecified atom stereocenters. The molecule has 1 aliphatic rings. The van der Waals surface area contributed by atoms with Crippen LogP contribution in [0.3, 0.4) is 0 Å². The molecule has 1 amide bonds. The van der Waals surface area contributed by atoms with E-state index < -0.39 is 0 Å². The molecule has 0 spiro atoms. The Hall–Kier alpha value is -2.63. The summed E-state index contributed by atoms with van der Waals surface area (Å²) in [5, 5.41) is 5.92. The molecule has 3 aromatic rings. The van der Waals surface area contributed by atoms with Gasteiger partial charge in [0.25, 0.3) is 0 Å². The monoisotopic (exact) mass is 394 g/mol. The highest BCUT2D eigenvalue weighted by Crippen LogP contribution is 2.23. The van der Waals surface area contributed by atoms with Crippen molar-refractivity contribution < 1.29 is 4.79 Å². The Morgan fingerprint density at radius 3 is 2.57 bits per heavy atom. The first-order valence-corrected chi connectivity index (χ1v) is 9.93. The number of nitrogens with zero attached hydrogens (tertiary/aromatic N) is 3. The van der Waals surface area contributed by atoms with Crippen molar-refractivity contribution in [3.8, 4) is 0 Å². The first-order valence-electron chi connectivity index (χ1n) is 9.55. The molecular weight excluding hydrogens is 372 g/mol. The van der Waals surface area contributed by atoms with E-state index in [4.69, 9.17) is 11.6 Å². The van der Waals surface area contributed by atoms with E-state index in [1.165, 1.54) is 0 Å². The van der Waals surface area contributed by atoms with E-state index in [9.17, 15) is 4.79 Å². The largest absolute Gasteiger partial charge is 0.354 e. The Kier molecular flexibility index (Phi) is 5.74. The van der Waals surface area contributed by atoms with Crippen LogP contribution in [0, 0.1) is 0 Å². The molecule has 0 aliphatic carbocycles. The molecule has 28 heavy (non-hydrogen) atoms. The van der Waals surface area contributed by atoms with Crippen LogP contribution in [-0.4, -0.2) is 48.5 Å². The summed E-state index contributed by atoms with van der Waals surface area (Å²) in [7, 11) is 0. The molecule has 1 N–H and O–H groups in total. The highest BCUT2D eigenvalue weighted by atomic mass is 35.5. The summed E-state index contributed by atoms with van der Waals surface area (Å²) in [6, 6.07) is 17.9. The predicted molar refractivity (Wildman–Crippen MR) is 115 cm³/mol. The summed E-state index contributed by atoms with van der Waals surface area (Å²) in [6.07, 6.45) is 2.17. The smallest absolute Gasteiger partial charge is 0.225 e. The number of carbonyl (C=O) groups is 1. The zero-order chi connectivity index (χ0) is 19.3. The number of hydrogen-bond acceptors (Lipinski definition) is 4. The van der Waals surface area contributed by atoms with Gasteiger partial charge >= 0.3 is 0 Å². The molecule has 1 aromatic heterocycles. The summed E-state index contributed by atoms with van der Waals surface area (Å²) in [5.74, 6) is 1.01. The number of halogens is 1. The average molecular weight is 395 g/mol. The number of nitrogens with one attached hydrogen (secondary N) is 1. The van der Waals surface area contributed by atoms with Gasteiger partial charge in [0, 0.05) is 56.4 Å². The van der Waals surface area contributed by atoms with E-state index in [0.29, 0.717) is 11.4 Å². The van der Waals surface area contributed by atoms with Crippen molar-refractivity contribution in [1.82, 2.24) is 9.88 Å². The van der Waals surface area contributed by atoms with Gasteiger partial charge in [-0.05, 0) is 23.6 Å². The molecule has 4 rings (SSSR count). The Bertz CT molecular complexity index is 947. The Labute approximate surface area is 169 Å². The molecule has 1 fully saturated rings. The van der Waals surface area contributed by atoms with Crippen LogP contribution in [0.25, 0.3) is 10.8 Å². The Morgan fingerprint density at radius 1 is 1.00 bits per heavy atom. The molecule has 2 heterocycles. The molecule has 2 aromatic carbocycles. The van der Waals surface area contributed by atoms with Crippen molar-refractivity contribution >= 4 is 39.8 Å². The number of amides is 1.